The molecule has 2 aromatic heterocycles. The van der Waals surface area contributed by atoms with Crippen molar-refractivity contribution in [2.24, 2.45) is 11.8 Å². The molecule has 4 aliphatic heterocycles. The number of amides is 2. The zero-order valence-electron chi connectivity index (χ0n) is 45.1. The van der Waals surface area contributed by atoms with Crippen LogP contribution in [0.25, 0.3) is 0 Å². The molecule has 400 valence electrons. The lowest BCUT2D eigenvalue weighted by Gasteiger charge is -2.33. The molecule has 0 radical (unpaired) electrons. The van der Waals surface area contributed by atoms with Crippen molar-refractivity contribution in [3.8, 4) is 12.1 Å². The summed E-state index contributed by atoms with van der Waals surface area (Å²) in [6.45, 7) is 19.6. The number of nitriles is 2. The van der Waals surface area contributed by atoms with E-state index in [4.69, 9.17) is 24.2 Å². The Balaban J connectivity index is 0.000000219. The molecule has 4 saturated heterocycles. The van der Waals surface area contributed by atoms with Gasteiger partial charge < -0.3 is 38.9 Å². The second-order valence-corrected chi connectivity index (χ2v) is 22.2. The van der Waals surface area contributed by atoms with E-state index >= 15 is 0 Å². The van der Waals surface area contributed by atoms with Crippen molar-refractivity contribution in [3.05, 3.63) is 106 Å². The van der Waals surface area contributed by atoms with E-state index in [1.54, 1.807) is 22.2 Å². The van der Waals surface area contributed by atoms with E-state index in [9.17, 15) is 30.0 Å². The number of likely N-dealkylation sites (tertiary alicyclic amines) is 2. The molecule has 0 unspecified atom stereocenters. The Hall–Kier alpha value is -6.85. The molecular formula is C58H76N10O7. The molecule has 2 aromatic carbocycles. The number of esters is 1. The van der Waals surface area contributed by atoms with Crippen LogP contribution in [0.4, 0.5) is 21.2 Å². The molecule has 4 fully saturated rings. The monoisotopic (exact) mass is 1020 g/mol. The lowest BCUT2D eigenvalue weighted by Crippen LogP contribution is -2.41. The van der Waals surface area contributed by atoms with Gasteiger partial charge in [-0.3, -0.25) is 4.79 Å². The van der Waals surface area contributed by atoms with Gasteiger partial charge in [-0.05, 0) is 140 Å². The van der Waals surface area contributed by atoms with E-state index in [0.29, 0.717) is 112 Å². The average molecular weight is 1030 g/mol. The SMILES string of the molecule is CC(C)(C)OC(=O)N1CCC(c2ccc(Cc3nc(N4CCC(CO)CC4)cnc3C#N)cc2)CC1.CCOC(=O)C1CCN(c2cnc(C#N)c(Cc3ccc(C4CCN(C(=O)OC(C)(C)C)CC4)cc3)n2)CC1. The minimum absolute atomic E-state index is 0.0740. The van der Waals surface area contributed by atoms with Crippen LogP contribution in [0.2, 0.25) is 0 Å². The number of hydrogen-bond donors (Lipinski definition) is 1. The number of ether oxygens (including phenoxy) is 3. The first-order valence-corrected chi connectivity index (χ1v) is 26.8. The summed E-state index contributed by atoms with van der Waals surface area (Å²) in [5.41, 5.74) is 5.76. The topological polar surface area (TPSA) is 211 Å². The highest BCUT2D eigenvalue weighted by molar-refractivity contribution is 5.73. The van der Waals surface area contributed by atoms with Crippen molar-refractivity contribution in [1.29, 1.82) is 10.5 Å². The number of carbonyl (C=O) groups excluding carboxylic acids is 3. The first-order valence-electron chi connectivity index (χ1n) is 26.8. The van der Waals surface area contributed by atoms with Crippen LogP contribution in [0.5, 0.6) is 0 Å². The highest BCUT2D eigenvalue weighted by atomic mass is 16.6. The molecule has 1 N–H and O–H groups in total. The minimum Gasteiger partial charge on any atom is -0.466 e. The number of hydrogen-bond acceptors (Lipinski definition) is 15. The summed E-state index contributed by atoms with van der Waals surface area (Å²) in [5.74, 6) is 2.50. The second-order valence-electron chi connectivity index (χ2n) is 22.2. The molecule has 17 heteroatoms. The van der Waals surface area contributed by atoms with Crippen molar-refractivity contribution in [2.75, 3.05) is 75.4 Å². The van der Waals surface area contributed by atoms with Gasteiger partial charge >= 0.3 is 18.2 Å². The molecule has 75 heavy (non-hydrogen) atoms. The molecule has 0 aliphatic carbocycles. The van der Waals surface area contributed by atoms with E-state index in [-0.39, 0.29) is 30.7 Å². The molecule has 4 aliphatic rings. The normalized spacial score (nSPS) is 17.3. The van der Waals surface area contributed by atoms with Gasteiger partial charge in [-0.25, -0.2) is 29.5 Å². The van der Waals surface area contributed by atoms with Crippen LogP contribution >= 0.6 is 0 Å². The van der Waals surface area contributed by atoms with E-state index < -0.39 is 11.2 Å². The van der Waals surface area contributed by atoms with Gasteiger partial charge in [0.05, 0.1) is 36.3 Å². The highest BCUT2D eigenvalue weighted by Crippen LogP contribution is 2.32. The Bertz CT molecular complexity index is 2620. The van der Waals surface area contributed by atoms with Crippen molar-refractivity contribution in [2.45, 2.75) is 136 Å². The fourth-order valence-corrected chi connectivity index (χ4v) is 10.2. The number of aliphatic hydroxyl groups excluding tert-OH is 1. The first kappa shape index (κ1) is 55.9. The number of nitrogens with zero attached hydrogens (tertiary/aromatic N) is 10. The fraction of sp³-hybridized carbons (Fsp3) is 0.569. The Morgan fingerprint density at radius 3 is 1.33 bits per heavy atom. The van der Waals surface area contributed by atoms with Crippen molar-refractivity contribution in [3.63, 3.8) is 0 Å². The highest BCUT2D eigenvalue weighted by Gasteiger charge is 2.31. The lowest BCUT2D eigenvalue weighted by molar-refractivity contribution is -0.148. The van der Waals surface area contributed by atoms with Crippen molar-refractivity contribution >= 4 is 29.8 Å². The van der Waals surface area contributed by atoms with Crippen LogP contribution in [0.1, 0.15) is 157 Å². The first-order chi connectivity index (χ1) is 35.9. The molecule has 0 bridgehead atoms. The molecule has 8 rings (SSSR count). The van der Waals surface area contributed by atoms with Gasteiger partial charge in [-0.15, -0.1) is 0 Å². The maximum Gasteiger partial charge on any atom is 0.410 e. The minimum atomic E-state index is -0.486. The van der Waals surface area contributed by atoms with Crippen LogP contribution in [-0.2, 0) is 31.8 Å². The number of aromatic nitrogens is 4. The second kappa shape index (κ2) is 25.6. The standard InChI is InChI=1S/C30H39N5O4.C28H37N5O3/c1-5-38-28(36)24-12-14-34(15-13-24)27-20-32-26(19-31)25(33-27)18-21-6-8-22(9-7-21)23-10-16-35(17-11-23)29(37)39-30(2,3)4;1-28(2,3)36-27(35)33-14-10-23(11-15-33)22-6-4-20(5-7-22)16-24-25(17-29)30-18-26(31-24)32-12-8-21(19-34)9-13-32/h6-9,20,23-24H,5,10-18H2,1-4H3;4-7,18,21,23,34H,8-16,19H2,1-3H3. The van der Waals surface area contributed by atoms with Gasteiger partial charge in [0.1, 0.15) is 35.0 Å². The third-order valence-corrected chi connectivity index (χ3v) is 14.5. The van der Waals surface area contributed by atoms with Gasteiger partial charge in [0.2, 0.25) is 0 Å². The third kappa shape index (κ3) is 15.8. The van der Waals surface area contributed by atoms with Gasteiger partial charge in [-0.2, -0.15) is 10.5 Å². The number of piperidine rings is 4. The zero-order valence-corrected chi connectivity index (χ0v) is 45.1. The Labute approximate surface area is 443 Å². The molecule has 0 spiro atoms. The number of rotatable bonds is 11. The molecule has 0 atom stereocenters. The quantitative estimate of drug-likeness (QED) is 0.110. The number of aliphatic hydroxyl groups is 1. The zero-order chi connectivity index (χ0) is 53.7. The molecule has 17 nitrogen and oxygen atoms in total. The Kier molecular flexibility index (Phi) is 19.1. The largest absolute Gasteiger partial charge is 0.466 e. The van der Waals surface area contributed by atoms with Crippen molar-refractivity contribution < 1.29 is 33.7 Å². The predicted octanol–water partition coefficient (Wildman–Crippen LogP) is 9.10. The van der Waals surface area contributed by atoms with Crippen LogP contribution in [0.15, 0.2) is 60.9 Å². The maximum atomic E-state index is 12.4. The summed E-state index contributed by atoms with van der Waals surface area (Å²) in [5, 5.41) is 28.6. The number of carbonyl (C=O) groups is 3. The van der Waals surface area contributed by atoms with Gasteiger partial charge in [0.25, 0.3) is 0 Å². The van der Waals surface area contributed by atoms with Gasteiger partial charge in [0.15, 0.2) is 11.4 Å². The fourth-order valence-electron chi connectivity index (χ4n) is 10.2. The Morgan fingerprint density at radius 1 is 0.600 bits per heavy atom. The van der Waals surface area contributed by atoms with Gasteiger partial charge in [-0.1, -0.05) is 48.5 Å². The summed E-state index contributed by atoms with van der Waals surface area (Å²) >= 11 is 0. The lowest BCUT2D eigenvalue weighted by atomic mass is 9.89. The molecule has 2 amide bonds. The predicted molar refractivity (Wildman–Crippen MR) is 285 cm³/mol. The molecule has 6 heterocycles. The number of anilines is 2. The molecule has 0 saturated carbocycles. The van der Waals surface area contributed by atoms with Crippen LogP contribution in [-0.4, -0.2) is 130 Å². The van der Waals surface area contributed by atoms with Crippen LogP contribution in [0.3, 0.4) is 0 Å². The van der Waals surface area contributed by atoms with E-state index in [0.717, 1.165) is 74.4 Å². The van der Waals surface area contributed by atoms with Crippen molar-refractivity contribution in [1.82, 2.24) is 29.7 Å². The molecule has 4 aromatic rings. The van der Waals surface area contributed by atoms with E-state index in [1.165, 1.54) is 11.1 Å². The summed E-state index contributed by atoms with van der Waals surface area (Å²) in [7, 11) is 0. The van der Waals surface area contributed by atoms with Gasteiger partial charge in [0, 0.05) is 71.8 Å². The maximum absolute atomic E-state index is 12.4. The summed E-state index contributed by atoms with van der Waals surface area (Å²) < 4.78 is 16.2. The van der Waals surface area contributed by atoms with Crippen LogP contribution in [0, 0.1) is 34.5 Å². The van der Waals surface area contributed by atoms with E-state index in [1.807, 2.05) is 48.5 Å². The summed E-state index contributed by atoms with van der Waals surface area (Å²) in [6.07, 6.45) is 10.9. The Morgan fingerprint density at radius 2 is 0.987 bits per heavy atom. The summed E-state index contributed by atoms with van der Waals surface area (Å²) in [6, 6.07) is 21.4. The van der Waals surface area contributed by atoms with E-state index in [2.05, 4.69) is 80.4 Å². The molecular weight excluding hydrogens is 949 g/mol. The third-order valence-electron chi connectivity index (χ3n) is 14.5. The smallest absolute Gasteiger partial charge is 0.410 e. The summed E-state index contributed by atoms with van der Waals surface area (Å²) in [4.78, 5) is 63.1. The number of benzene rings is 2. The average Bonchev–Trinajstić information content (AvgIpc) is 3.41. The van der Waals surface area contributed by atoms with Crippen LogP contribution < -0.4 is 9.80 Å².